The fourth-order valence-corrected chi connectivity index (χ4v) is 4.03. The van der Waals surface area contributed by atoms with Gasteiger partial charge in [0.2, 0.25) is 0 Å². The number of carbonyl (C=O) groups excluding carboxylic acids is 2. The molecule has 0 saturated heterocycles. The third-order valence-electron chi connectivity index (χ3n) is 3.73. The Labute approximate surface area is 142 Å². The van der Waals surface area contributed by atoms with Crippen molar-refractivity contribution in [2.45, 2.75) is 24.3 Å². The summed E-state index contributed by atoms with van der Waals surface area (Å²) in [5.74, 6) is -0.709. The highest BCUT2D eigenvalue weighted by Gasteiger charge is 2.29. The number of sulfone groups is 1. The molecule has 2 aromatic rings. The summed E-state index contributed by atoms with van der Waals surface area (Å²) >= 11 is 1.18. The zero-order valence-electron chi connectivity index (χ0n) is 13.2. The number of rotatable bonds is 4. The average molecular weight is 368 g/mol. The van der Waals surface area contributed by atoms with Crippen LogP contribution < -0.4 is 4.80 Å². The summed E-state index contributed by atoms with van der Waals surface area (Å²) in [5.41, 5.74) is 0.639. The molecule has 128 valence electrons. The third kappa shape index (κ3) is 3.41. The molecule has 1 amide bonds. The van der Waals surface area contributed by atoms with Gasteiger partial charge in [0.15, 0.2) is 14.6 Å². The van der Waals surface area contributed by atoms with Crippen LogP contribution in [0.4, 0.5) is 0 Å². The molecule has 1 aliphatic rings. The maximum Gasteiger partial charge on any atom is 0.325 e. The minimum Gasteiger partial charge on any atom is -0.468 e. The van der Waals surface area contributed by atoms with Crippen molar-refractivity contribution in [2.24, 2.45) is 10.9 Å². The van der Waals surface area contributed by atoms with E-state index in [0.29, 0.717) is 15.0 Å². The normalized spacial score (nSPS) is 15.7. The molecule has 24 heavy (non-hydrogen) atoms. The van der Waals surface area contributed by atoms with Gasteiger partial charge in [-0.2, -0.15) is 4.99 Å². The Hall–Kier alpha value is -2.00. The van der Waals surface area contributed by atoms with Gasteiger partial charge in [0.1, 0.15) is 6.54 Å². The molecular weight excluding hydrogens is 352 g/mol. The molecule has 0 unspecified atom stereocenters. The minimum absolute atomic E-state index is 0.0339. The van der Waals surface area contributed by atoms with E-state index in [-0.39, 0.29) is 23.3 Å². The van der Waals surface area contributed by atoms with Crippen molar-refractivity contribution in [1.29, 1.82) is 0 Å². The summed E-state index contributed by atoms with van der Waals surface area (Å²) in [4.78, 5) is 28.4. The number of ether oxygens (including phenoxy) is 1. The third-order valence-corrected chi connectivity index (χ3v) is 5.88. The topological polar surface area (TPSA) is 94.8 Å². The average Bonchev–Trinajstić information content (AvgIpc) is 3.31. The smallest absolute Gasteiger partial charge is 0.325 e. The number of nitrogens with zero attached hydrogens (tertiary/aromatic N) is 2. The lowest BCUT2D eigenvalue weighted by molar-refractivity contribution is -0.141. The molecule has 0 aliphatic heterocycles. The molecular formula is C15H16N2O5S2. The van der Waals surface area contributed by atoms with E-state index in [2.05, 4.69) is 4.99 Å². The second kappa shape index (κ2) is 6.14. The molecule has 0 atom stereocenters. The predicted molar refractivity (Wildman–Crippen MR) is 88.2 cm³/mol. The lowest BCUT2D eigenvalue weighted by Crippen LogP contribution is -2.22. The Kier molecular flexibility index (Phi) is 4.31. The number of benzene rings is 1. The molecule has 0 radical (unpaired) electrons. The van der Waals surface area contributed by atoms with E-state index in [0.717, 1.165) is 19.1 Å². The largest absolute Gasteiger partial charge is 0.468 e. The van der Waals surface area contributed by atoms with Gasteiger partial charge >= 0.3 is 5.97 Å². The first-order valence-electron chi connectivity index (χ1n) is 7.28. The SMILES string of the molecule is COC(=O)Cn1c(=NC(=O)C2CC2)sc2cc(S(C)(=O)=O)ccc21. The quantitative estimate of drug-likeness (QED) is 0.754. The molecule has 3 rings (SSSR count). The summed E-state index contributed by atoms with van der Waals surface area (Å²) in [6, 6.07) is 4.63. The lowest BCUT2D eigenvalue weighted by atomic mass is 10.3. The van der Waals surface area contributed by atoms with Crippen LogP contribution in [0.15, 0.2) is 28.1 Å². The first kappa shape index (κ1) is 16.8. The van der Waals surface area contributed by atoms with Crippen LogP contribution in [-0.2, 0) is 30.7 Å². The lowest BCUT2D eigenvalue weighted by Gasteiger charge is -2.04. The van der Waals surface area contributed by atoms with Gasteiger partial charge in [-0.25, -0.2) is 8.42 Å². The van der Waals surface area contributed by atoms with Crippen molar-refractivity contribution in [3.63, 3.8) is 0 Å². The van der Waals surface area contributed by atoms with Gasteiger partial charge in [0, 0.05) is 12.2 Å². The van der Waals surface area contributed by atoms with Crippen LogP contribution in [-0.4, -0.2) is 38.2 Å². The molecule has 1 heterocycles. The van der Waals surface area contributed by atoms with Crippen LogP contribution in [0.3, 0.4) is 0 Å². The second-order valence-corrected chi connectivity index (χ2v) is 8.70. The van der Waals surface area contributed by atoms with Crippen LogP contribution >= 0.6 is 11.3 Å². The van der Waals surface area contributed by atoms with E-state index in [1.54, 1.807) is 10.6 Å². The van der Waals surface area contributed by atoms with Gasteiger partial charge < -0.3 is 9.30 Å². The fraction of sp³-hybridized carbons (Fsp3) is 0.400. The summed E-state index contributed by atoms with van der Waals surface area (Å²) in [5, 5.41) is 0. The maximum atomic E-state index is 12.0. The number of esters is 1. The van der Waals surface area contributed by atoms with Gasteiger partial charge in [-0.05, 0) is 31.0 Å². The number of thiazole rings is 1. The first-order chi connectivity index (χ1) is 11.3. The highest BCUT2D eigenvalue weighted by Crippen LogP contribution is 2.30. The standard InChI is InChI=1S/C15H16N2O5S2/c1-22-13(18)8-17-11-6-5-10(24(2,20)21)7-12(11)23-15(17)16-14(19)9-3-4-9/h5-7,9H,3-4,8H2,1-2H3. The van der Waals surface area contributed by atoms with Gasteiger partial charge in [-0.1, -0.05) is 11.3 Å². The Balaban J connectivity index is 2.18. The Bertz CT molecular complexity index is 997. The van der Waals surface area contributed by atoms with Crippen molar-refractivity contribution in [3.05, 3.63) is 23.0 Å². The highest BCUT2D eigenvalue weighted by molar-refractivity contribution is 7.90. The molecule has 1 aromatic carbocycles. The predicted octanol–water partition coefficient (Wildman–Crippen LogP) is 1.12. The van der Waals surface area contributed by atoms with Gasteiger partial charge in [0.05, 0.1) is 22.2 Å². The Morgan fingerprint density at radius 2 is 2.08 bits per heavy atom. The molecule has 0 spiro atoms. The zero-order valence-corrected chi connectivity index (χ0v) is 14.8. The van der Waals surface area contributed by atoms with Gasteiger partial charge in [-0.3, -0.25) is 9.59 Å². The summed E-state index contributed by atoms with van der Waals surface area (Å²) < 4.78 is 30.3. The molecule has 0 N–H and O–H groups in total. The van der Waals surface area contributed by atoms with Crippen molar-refractivity contribution < 1.29 is 22.7 Å². The summed E-state index contributed by atoms with van der Waals surface area (Å²) in [7, 11) is -2.06. The number of hydrogen-bond donors (Lipinski definition) is 0. The van der Waals surface area contributed by atoms with Crippen molar-refractivity contribution >= 4 is 43.3 Å². The number of methoxy groups -OCH3 is 1. The number of amides is 1. The molecule has 7 nitrogen and oxygen atoms in total. The summed E-state index contributed by atoms with van der Waals surface area (Å²) in [6.45, 7) is -0.0918. The van der Waals surface area contributed by atoms with E-state index < -0.39 is 15.8 Å². The monoisotopic (exact) mass is 368 g/mol. The van der Waals surface area contributed by atoms with Crippen LogP contribution in [0.1, 0.15) is 12.8 Å². The van der Waals surface area contributed by atoms with Crippen molar-refractivity contribution in [2.75, 3.05) is 13.4 Å². The molecule has 9 heteroatoms. The Morgan fingerprint density at radius 1 is 1.38 bits per heavy atom. The number of aromatic nitrogens is 1. The van der Waals surface area contributed by atoms with E-state index in [9.17, 15) is 18.0 Å². The second-order valence-electron chi connectivity index (χ2n) is 5.67. The van der Waals surface area contributed by atoms with Crippen LogP contribution in [0.25, 0.3) is 10.2 Å². The van der Waals surface area contributed by atoms with Crippen LogP contribution in [0.2, 0.25) is 0 Å². The maximum absolute atomic E-state index is 12.0. The summed E-state index contributed by atoms with van der Waals surface area (Å²) in [6.07, 6.45) is 2.80. The first-order valence-corrected chi connectivity index (χ1v) is 9.99. The zero-order chi connectivity index (χ0) is 17.5. The van der Waals surface area contributed by atoms with Crippen LogP contribution in [0.5, 0.6) is 0 Å². The molecule has 1 saturated carbocycles. The van der Waals surface area contributed by atoms with Crippen LogP contribution in [0, 0.1) is 5.92 Å². The molecule has 0 bridgehead atoms. The van der Waals surface area contributed by atoms with Crippen molar-refractivity contribution in [3.8, 4) is 0 Å². The van der Waals surface area contributed by atoms with Gasteiger partial charge in [0.25, 0.3) is 5.91 Å². The fourth-order valence-electron chi connectivity index (χ4n) is 2.23. The van der Waals surface area contributed by atoms with E-state index >= 15 is 0 Å². The van der Waals surface area contributed by atoms with Gasteiger partial charge in [-0.15, -0.1) is 0 Å². The van der Waals surface area contributed by atoms with Crippen molar-refractivity contribution in [1.82, 2.24) is 4.57 Å². The number of carbonyl (C=O) groups is 2. The molecule has 1 aliphatic carbocycles. The van der Waals surface area contributed by atoms with E-state index in [1.807, 2.05) is 0 Å². The minimum atomic E-state index is -3.34. The molecule has 1 aromatic heterocycles. The number of fused-ring (bicyclic) bond motifs is 1. The van der Waals surface area contributed by atoms with E-state index in [1.165, 1.54) is 30.6 Å². The highest BCUT2D eigenvalue weighted by atomic mass is 32.2. The van der Waals surface area contributed by atoms with E-state index in [4.69, 9.17) is 4.74 Å². The Morgan fingerprint density at radius 3 is 2.67 bits per heavy atom. The molecule has 1 fully saturated rings. The number of hydrogen-bond acceptors (Lipinski definition) is 6.